The zero-order chi connectivity index (χ0) is 20.1. The van der Waals surface area contributed by atoms with Crippen LogP contribution in [0.2, 0.25) is 0 Å². The van der Waals surface area contributed by atoms with Crippen molar-refractivity contribution in [2.24, 2.45) is 0 Å². The van der Waals surface area contributed by atoms with Gasteiger partial charge in [0.1, 0.15) is 5.82 Å². The number of aromatic nitrogens is 2. The Morgan fingerprint density at radius 2 is 1.93 bits per heavy atom. The second-order valence-electron chi connectivity index (χ2n) is 6.05. The zero-order valence-corrected chi connectivity index (χ0v) is 16.3. The number of allylic oxidation sites excluding steroid dienone is 1. The van der Waals surface area contributed by atoms with Gasteiger partial charge in [0.05, 0.1) is 18.7 Å². The van der Waals surface area contributed by atoms with Crippen molar-refractivity contribution in [3.05, 3.63) is 82.2 Å². The van der Waals surface area contributed by atoms with Gasteiger partial charge in [0.15, 0.2) is 5.78 Å². The highest BCUT2D eigenvalue weighted by Crippen LogP contribution is 2.26. The lowest BCUT2D eigenvalue weighted by molar-refractivity contribution is -0.137. The summed E-state index contributed by atoms with van der Waals surface area (Å²) in [5.41, 5.74) is 2.52. The smallest absolute Gasteiger partial charge is 0.305 e. The largest absolute Gasteiger partial charge is 0.481 e. The van der Waals surface area contributed by atoms with Gasteiger partial charge in [0.25, 0.3) is 0 Å². The van der Waals surface area contributed by atoms with E-state index in [9.17, 15) is 14.0 Å². The SMILES string of the molecule is O=C(O)CCn1cc(C=CC(=O)c2ccc(F)cc2)c(-c2cccc(Br)c2)n1. The molecule has 0 aliphatic rings. The molecule has 1 aromatic heterocycles. The van der Waals surface area contributed by atoms with Crippen LogP contribution in [0, 0.1) is 5.82 Å². The first-order chi connectivity index (χ1) is 13.4. The number of aliphatic carboxylic acids is 1. The van der Waals surface area contributed by atoms with Crippen molar-refractivity contribution in [1.82, 2.24) is 9.78 Å². The molecule has 28 heavy (non-hydrogen) atoms. The Bertz CT molecular complexity index is 1040. The van der Waals surface area contributed by atoms with E-state index in [2.05, 4.69) is 21.0 Å². The maximum absolute atomic E-state index is 13.0. The minimum atomic E-state index is -0.914. The van der Waals surface area contributed by atoms with Crippen LogP contribution in [0.3, 0.4) is 0 Å². The molecule has 0 spiro atoms. The molecule has 0 aliphatic heterocycles. The Morgan fingerprint density at radius 3 is 2.61 bits per heavy atom. The van der Waals surface area contributed by atoms with Crippen molar-refractivity contribution < 1.29 is 19.1 Å². The van der Waals surface area contributed by atoms with Crippen molar-refractivity contribution in [3.63, 3.8) is 0 Å². The van der Waals surface area contributed by atoms with E-state index in [4.69, 9.17) is 5.11 Å². The van der Waals surface area contributed by atoms with Crippen LogP contribution in [0.15, 0.2) is 65.3 Å². The number of hydrogen-bond acceptors (Lipinski definition) is 3. The fourth-order valence-electron chi connectivity index (χ4n) is 2.62. The van der Waals surface area contributed by atoms with Gasteiger partial charge in [-0.3, -0.25) is 14.3 Å². The molecule has 0 unspecified atom stereocenters. The lowest BCUT2D eigenvalue weighted by atomic mass is 10.1. The summed E-state index contributed by atoms with van der Waals surface area (Å²) in [6, 6.07) is 12.8. The number of carbonyl (C=O) groups excluding carboxylic acids is 1. The first-order valence-corrected chi connectivity index (χ1v) is 9.25. The average molecular weight is 443 g/mol. The molecule has 0 saturated carbocycles. The van der Waals surface area contributed by atoms with Crippen molar-refractivity contribution in [2.75, 3.05) is 0 Å². The summed E-state index contributed by atoms with van der Waals surface area (Å²) < 4.78 is 15.4. The van der Waals surface area contributed by atoms with E-state index in [1.54, 1.807) is 17.0 Å². The van der Waals surface area contributed by atoms with E-state index < -0.39 is 11.8 Å². The number of carboxylic acid groups (broad SMARTS) is 1. The highest BCUT2D eigenvalue weighted by atomic mass is 79.9. The minimum absolute atomic E-state index is 0.0583. The number of benzene rings is 2. The molecular formula is C21H16BrFN2O3. The lowest BCUT2D eigenvalue weighted by Gasteiger charge is -2.00. The van der Waals surface area contributed by atoms with Gasteiger partial charge in [-0.2, -0.15) is 5.10 Å². The number of carboxylic acids is 1. The van der Waals surface area contributed by atoms with E-state index >= 15 is 0 Å². The summed E-state index contributed by atoms with van der Waals surface area (Å²) in [7, 11) is 0. The van der Waals surface area contributed by atoms with Crippen molar-refractivity contribution in [2.45, 2.75) is 13.0 Å². The van der Waals surface area contributed by atoms with Gasteiger partial charge in [-0.15, -0.1) is 0 Å². The molecule has 1 N–H and O–H groups in total. The summed E-state index contributed by atoms with van der Waals surface area (Å²) >= 11 is 3.42. The van der Waals surface area contributed by atoms with Gasteiger partial charge in [-0.1, -0.05) is 28.1 Å². The molecule has 0 atom stereocenters. The molecule has 7 heteroatoms. The van der Waals surface area contributed by atoms with Crippen LogP contribution < -0.4 is 0 Å². The van der Waals surface area contributed by atoms with Gasteiger partial charge in [-0.25, -0.2) is 4.39 Å². The number of aryl methyl sites for hydroxylation is 1. The number of nitrogens with zero attached hydrogens (tertiary/aromatic N) is 2. The molecule has 142 valence electrons. The zero-order valence-electron chi connectivity index (χ0n) is 14.7. The molecule has 0 aliphatic carbocycles. The summed E-state index contributed by atoms with van der Waals surface area (Å²) in [6.07, 6.45) is 4.67. The van der Waals surface area contributed by atoms with Gasteiger partial charge >= 0.3 is 5.97 Å². The molecule has 5 nitrogen and oxygen atoms in total. The summed E-state index contributed by atoms with van der Waals surface area (Å²) in [5.74, 6) is -1.58. The predicted molar refractivity (Wildman–Crippen MR) is 107 cm³/mol. The molecule has 0 saturated heterocycles. The second kappa shape index (κ2) is 8.75. The predicted octanol–water partition coefficient (Wildman–Crippen LogP) is 4.82. The molecule has 1 heterocycles. The van der Waals surface area contributed by atoms with Crippen LogP contribution >= 0.6 is 15.9 Å². The topological polar surface area (TPSA) is 72.2 Å². The van der Waals surface area contributed by atoms with Crippen molar-refractivity contribution >= 4 is 33.8 Å². The van der Waals surface area contributed by atoms with Crippen LogP contribution in [0.4, 0.5) is 4.39 Å². The van der Waals surface area contributed by atoms with Gasteiger partial charge in [0, 0.05) is 27.4 Å². The number of rotatable bonds is 7. The van der Waals surface area contributed by atoms with E-state index in [1.165, 1.54) is 30.3 Å². The summed E-state index contributed by atoms with van der Waals surface area (Å²) in [4.78, 5) is 23.2. The van der Waals surface area contributed by atoms with Crippen LogP contribution in [0.1, 0.15) is 22.3 Å². The van der Waals surface area contributed by atoms with Crippen LogP contribution in [0.5, 0.6) is 0 Å². The first-order valence-electron chi connectivity index (χ1n) is 8.45. The minimum Gasteiger partial charge on any atom is -0.481 e. The number of hydrogen-bond donors (Lipinski definition) is 1. The fraction of sp³-hybridized carbons (Fsp3) is 0.0952. The molecular weight excluding hydrogens is 427 g/mol. The molecule has 0 bridgehead atoms. The summed E-state index contributed by atoms with van der Waals surface area (Å²) in [5, 5.41) is 13.4. The Kier molecular flexibility index (Phi) is 6.16. The highest BCUT2D eigenvalue weighted by molar-refractivity contribution is 9.10. The standard InChI is InChI=1S/C21H16BrFN2O3/c22-17-3-1-2-15(12-17)21-16(13-25(24-21)11-10-20(27)28)6-9-19(26)14-4-7-18(23)8-5-14/h1-9,12-13H,10-11H2,(H,27,28). The van der Waals surface area contributed by atoms with E-state index in [0.29, 0.717) is 16.8 Å². The number of carbonyl (C=O) groups is 2. The van der Waals surface area contributed by atoms with Crippen molar-refractivity contribution in [3.8, 4) is 11.3 Å². The number of halogens is 2. The molecule has 3 aromatic rings. The second-order valence-corrected chi connectivity index (χ2v) is 6.97. The summed E-state index contributed by atoms with van der Waals surface area (Å²) in [6.45, 7) is 0.218. The fourth-order valence-corrected chi connectivity index (χ4v) is 3.02. The number of ketones is 1. The Morgan fingerprint density at radius 1 is 1.18 bits per heavy atom. The van der Waals surface area contributed by atoms with Crippen LogP contribution in [-0.2, 0) is 11.3 Å². The van der Waals surface area contributed by atoms with Crippen LogP contribution in [0.25, 0.3) is 17.3 Å². The van der Waals surface area contributed by atoms with Gasteiger partial charge < -0.3 is 5.11 Å². The van der Waals surface area contributed by atoms with Gasteiger partial charge in [-0.05, 0) is 48.6 Å². The van der Waals surface area contributed by atoms with E-state index in [0.717, 1.165) is 10.0 Å². The normalized spacial score (nSPS) is 11.1. The maximum atomic E-state index is 13.0. The maximum Gasteiger partial charge on any atom is 0.305 e. The quantitative estimate of drug-likeness (QED) is 0.420. The molecule has 0 radical (unpaired) electrons. The third-order valence-corrected chi connectivity index (χ3v) is 4.48. The monoisotopic (exact) mass is 442 g/mol. The molecule has 2 aromatic carbocycles. The first kappa shape index (κ1) is 19.7. The van der Waals surface area contributed by atoms with E-state index in [-0.39, 0.29) is 18.7 Å². The highest BCUT2D eigenvalue weighted by Gasteiger charge is 2.11. The molecule has 3 rings (SSSR count). The van der Waals surface area contributed by atoms with Gasteiger partial charge in [0.2, 0.25) is 0 Å². The Hall–Kier alpha value is -3.06. The van der Waals surface area contributed by atoms with E-state index in [1.807, 2.05) is 24.3 Å². The molecule has 0 amide bonds. The Balaban J connectivity index is 1.92. The third-order valence-electron chi connectivity index (χ3n) is 3.99. The average Bonchev–Trinajstić information content (AvgIpc) is 3.08. The van der Waals surface area contributed by atoms with Crippen molar-refractivity contribution in [1.29, 1.82) is 0 Å². The Labute approximate surface area is 169 Å². The molecule has 0 fully saturated rings. The lowest BCUT2D eigenvalue weighted by Crippen LogP contribution is -2.04. The third kappa shape index (κ3) is 5.01. The van der Waals surface area contributed by atoms with Crippen LogP contribution in [-0.4, -0.2) is 26.6 Å².